The van der Waals surface area contributed by atoms with Gasteiger partial charge in [-0.3, -0.25) is 19.2 Å². The molecule has 3 heterocycles. The molecule has 1 spiro atoms. The number of amides is 3. The molecule has 3 aromatic rings. The molecule has 0 aromatic heterocycles. The Balaban J connectivity index is 1.33. The van der Waals surface area contributed by atoms with Crippen LogP contribution in [0.5, 0.6) is 0 Å². The topological polar surface area (TPSA) is 125 Å². The number of aliphatic hydroxyl groups excluding tert-OH is 1. The first-order valence-corrected chi connectivity index (χ1v) is 19.4. The van der Waals surface area contributed by atoms with Crippen LogP contribution in [-0.4, -0.2) is 82.5 Å². The fraction of sp³-hybridized carbons (Fsp3) is 0.429. The monoisotopic (exact) mass is 785 g/mol. The lowest BCUT2D eigenvalue weighted by Gasteiger charge is -2.37. The second-order valence-electron chi connectivity index (χ2n) is 14.1. The standard InChI is InChI=1S/C42H48BrN3O7/c1-3-5-19-34(48)44-27-33(29-16-9-8-10-17-29)52-41(51)35-36-39(49)46(23-13-6-7-14-24-47)38(42(36)26-32(43)37(35)53-42)40(50)45(22-4-2)31-21-20-28-15-11-12-18-30(28)25-31/h3-4,8-12,15-18,20-21,25,32-33,35-38,47H,1-2,5-7,13-14,19,22-24,26-27H2,(H,44,48)/t32?,33-,35+,36-,37+,38+,42-/m0/s1. The lowest BCUT2D eigenvalue weighted by Crippen LogP contribution is -2.57. The van der Waals surface area contributed by atoms with Crippen molar-refractivity contribution >= 4 is 56.1 Å². The summed E-state index contributed by atoms with van der Waals surface area (Å²) < 4.78 is 13.0. The first kappa shape index (κ1) is 38.4. The first-order valence-electron chi connectivity index (χ1n) is 18.5. The summed E-state index contributed by atoms with van der Waals surface area (Å²) in [6.45, 7) is 8.25. The van der Waals surface area contributed by atoms with Crippen molar-refractivity contribution in [1.82, 2.24) is 10.2 Å². The molecule has 3 saturated heterocycles. The first-order chi connectivity index (χ1) is 25.7. The summed E-state index contributed by atoms with van der Waals surface area (Å²) in [7, 11) is 0. The number of esters is 1. The molecule has 0 radical (unpaired) electrons. The summed E-state index contributed by atoms with van der Waals surface area (Å²) in [6.07, 6.45) is 5.77. The highest BCUT2D eigenvalue weighted by Gasteiger charge is 2.77. The zero-order chi connectivity index (χ0) is 37.5. The Morgan fingerprint density at radius 2 is 1.75 bits per heavy atom. The van der Waals surface area contributed by atoms with Gasteiger partial charge in [0, 0.05) is 36.6 Å². The van der Waals surface area contributed by atoms with Crippen LogP contribution >= 0.6 is 15.9 Å². The molecule has 2 N–H and O–H groups in total. The van der Waals surface area contributed by atoms with E-state index in [-0.39, 0.29) is 48.7 Å². The van der Waals surface area contributed by atoms with E-state index in [1.54, 1.807) is 22.0 Å². The third-order valence-electron chi connectivity index (χ3n) is 10.7. The van der Waals surface area contributed by atoms with Gasteiger partial charge in [0.05, 0.1) is 24.5 Å². The highest BCUT2D eigenvalue weighted by Crippen LogP contribution is 2.60. The van der Waals surface area contributed by atoms with Crippen molar-refractivity contribution in [3.8, 4) is 0 Å². The predicted octanol–water partition coefficient (Wildman–Crippen LogP) is 6.03. The molecule has 0 saturated carbocycles. The summed E-state index contributed by atoms with van der Waals surface area (Å²) in [6, 6.07) is 21.9. The molecule has 6 rings (SSSR count). The van der Waals surface area contributed by atoms with Crippen LogP contribution < -0.4 is 10.2 Å². The number of hydrogen-bond donors (Lipinski definition) is 2. The minimum Gasteiger partial charge on any atom is -0.455 e. The van der Waals surface area contributed by atoms with Gasteiger partial charge in [-0.1, -0.05) is 102 Å². The molecule has 3 aliphatic rings. The Morgan fingerprint density at radius 3 is 2.49 bits per heavy atom. The van der Waals surface area contributed by atoms with Gasteiger partial charge in [-0.2, -0.15) is 0 Å². The number of rotatable bonds is 18. The molecule has 7 atom stereocenters. The summed E-state index contributed by atoms with van der Waals surface area (Å²) in [5, 5.41) is 14.2. The van der Waals surface area contributed by atoms with E-state index in [1.165, 1.54) is 0 Å². The molecule has 3 amide bonds. The van der Waals surface area contributed by atoms with Crippen LogP contribution in [0.4, 0.5) is 5.69 Å². The SMILES string of the molecule is C=CCCC(=O)NC[C@H](OC(=O)[C@H]1[C@@H]2O[C@@]3(CC2Br)[C@@H]1C(=O)N(CCCCCCO)[C@@H]3C(=O)N(CC=C)c1ccc2ccccc2c1)c1ccccc1. The van der Waals surface area contributed by atoms with Crippen LogP contribution in [0.25, 0.3) is 10.8 Å². The third kappa shape index (κ3) is 7.84. The molecule has 3 aliphatic heterocycles. The molecule has 11 heteroatoms. The number of nitrogens with one attached hydrogen (secondary N) is 1. The van der Waals surface area contributed by atoms with Crippen LogP contribution in [0.2, 0.25) is 0 Å². The third-order valence-corrected chi connectivity index (χ3v) is 11.6. The van der Waals surface area contributed by atoms with E-state index >= 15 is 4.79 Å². The number of aliphatic hydroxyl groups is 1. The molecule has 53 heavy (non-hydrogen) atoms. The summed E-state index contributed by atoms with van der Waals surface area (Å²) in [5.41, 5.74) is 0.0903. The smallest absolute Gasteiger partial charge is 0.313 e. The van der Waals surface area contributed by atoms with Crippen LogP contribution in [0.3, 0.4) is 0 Å². The number of allylic oxidation sites excluding steroid dienone is 1. The average Bonchev–Trinajstić information content (AvgIpc) is 3.77. The van der Waals surface area contributed by atoms with Gasteiger partial charge in [0.2, 0.25) is 11.8 Å². The van der Waals surface area contributed by atoms with Gasteiger partial charge >= 0.3 is 5.97 Å². The van der Waals surface area contributed by atoms with Crippen molar-refractivity contribution in [1.29, 1.82) is 0 Å². The fourth-order valence-electron chi connectivity index (χ4n) is 8.25. The number of halogens is 1. The number of fused-ring (bicyclic) bond motifs is 2. The zero-order valence-corrected chi connectivity index (χ0v) is 31.5. The van der Waals surface area contributed by atoms with Crippen LogP contribution in [0.15, 0.2) is 98.1 Å². The minimum absolute atomic E-state index is 0.0504. The molecular weight excluding hydrogens is 738 g/mol. The van der Waals surface area contributed by atoms with E-state index in [0.29, 0.717) is 43.5 Å². The highest BCUT2D eigenvalue weighted by molar-refractivity contribution is 9.09. The summed E-state index contributed by atoms with van der Waals surface area (Å²) >= 11 is 3.77. The maximum atomic E-state index is 15.1. The number of ether oxygens (including phenoxy) is 2. The number of anilines is 1. The molecule has 1 unspecified atom stereocenters. The molecule has 3 aromatic carbocycles. The van der Waals surface area contributed by atoms with E-state index in [9.17, 15) is 19.5 Å². The Hall–Kier alpha value is -4.32. The van der Waals surface area contributed by atoms with Gasteiger partial charge in [-0.25, -0.2) is 0 Å². The Kier molecular flexibility index (Phi) is 12.5. The largest absolute Gasteiger partial charge is 0.455 e. The van der Waals surface area contributed by atoms with Crippen molar-refractivity contribution in [3.63, 3.8) is 0 Å². The maximum absolute atomic E-state index is 15.1. The van der Waals surface area contributed by atoms with Gasteiger partial charge in [0.25, 0.3) is 5.91 Å². The van der Waals surface area contributed by atoms with Crippen molar-refractivity contribution in [2.75, 3.05) is 31.1 Å². The highest BCUT2D eigenvalue weighted by atomic mass is 79.9. The minimum atomic E-state index is -1.28. The number of hydrogen-bond acceptors (Lipinski definition) is 7. The summed E-state index contributed by atoms with van der Waals surface area (Å²) in [4.78, 5) is 59.7. The van der Waals surface area contributed by atoms with E-state index in [2.05, 4.69) is 34.4 Å². The van der Waals surface area contributed by atoms with Gasteiger partial charge in [0.1, 0.15) is 17.7 Å². The number of alkyl halides is 1. The van der Waals surface area contributed by atoms with E-state index in [0.717, 1.165) is 23.6 Å². The number of carbonyl (C=O) groups is 4. The van der Waals surface area contributed by atoms with Crippen molar-refractivity contribution < 1.29 is 33.8 Å². The molecule has 280 valence electrons. The van der Waals surface area contributed by atoms with Crippen LogP contribution in [-0.2, 0) is 28.7 Å². The number of nitrogens with zero attached hydrogens (tertiary/aromatic N) is 2. The van der Waals surface area contributed by atoms with Crippen LogP contribution in [0, 0.1) is 11.8 Å². The van der Waals surface area contributed by atoms with Gasteiger partial charge in [-0.15, -0.1) is 13.2 Å². The number of likely N-dealkylation sites (tertiary alicyclic amines) is 1. The normalized spacial score (nSPS) is 24.8. The Morgan fingerprint density at radius 1 is 1.02 bits per heavy atom. The quantitative estimate of drug-likeness (QED) is 0.0699. The Labute approximate surface area is 319 Å². The molecule has 0 aliphatic carbocycles. The average molecular weight is 787 g/mol. The van der Waals surface area contributed by atoms with Crippen molar-refractivity contribution in [2.45, 2.75) is 73.6 Å². The summed E-state index contributed by atoms with van der Waals surface area (Å²) in [5.74, 6) is -3.33. The van der Waals surface area contributed by atoms with Crippen molar-refractivity contribution in [2.24, 2.45) is 11.8 Å². The maximum Gasteiger partial charge on any atom is 0.313 e. The zero-order valence-electron chi connectivity index (χ0n) is 29.9. The molecule has 10 nitrogen and oxygen atoms in total. The number of unbranched alkanes of at least 4 members (excludes halogenated alkanes) is 3. The second-order valence-corrected chi connectivity index (χ2v) is 15.2. The second kappa shape index (κ2) is 17.2. The number of benzene rings is 3. The molecular formula is C42H48BrN3O7. The van der Waals surface area contributed by atoms with Gasteiger partial charge in [0.15, 0.2) is 0 Å². The Bertz CT molecular complexity index is 1820. The predicted molar refractivity (Wildman–Crippen MR) is 207 cm³/mol. The van der Waals surface area contributed by atoms with E-state index < -0.39 is 41.7 Å². The van der Waals surface area contributed by atoms with E-state index in [4.69, 9.17) is 9.47 Å². The fourth-order valence-corrected chi connectivity index (χ4v) is 9.19. The van der Waals surface area contributed by atoms with Gasteiger partial charge < -0.3 is 29.7 Å². The molecule has 2 bridgehead atoms. The van der Waals surface area contributed by atoms with Gasteiger partial charge in [-0.05, 0) is 54.2 Å². The lowest BCUT2D eigenvalue weighted by molar-refractivity contribution is -0.160. The molecule has 3 fully saturated rings. The van der Waals surface area contributed by atoms with E-state index in [1.807, 2.05) is 72.8 Å². The number of carbonyl (C=O) groups excluding carboxylic acids is 4. The van der Waals surface area contributed by atoms with Crippen LogP contribution in [0.1, 0.15) is 56.6 Å². The lowest BCUT2D eigenvalue weighted by atomic mass is 9.70. The van der Waals surface area contributed by atoms with Crippen molar-refractivity contribution in [3.05, 3.63) is 104 Å².